The molecule has 1 aromatic rings. The summed E-state index contributed by atoms with van der Waals surface area (Å²) in [5.74, 6) is 0.784. The lowest BCUT2D eigenvalue weighted by Crippen LogP contribution is -2.34. The van der Waals surface area contributed by atoms with E-state index in [0.29, 0.717) is 6.54 Å². The van der Waals surface area contributed by atoms with Crippen LogP contribution in [0.4, 0.5) is 5.82 Å². The van der Waals surface area contributed by atoms with Crippen LogP contribution in [0.25, 0.3) is 0 Å². The van der Waals surface area contributed by atoms with Gasteiger partial charge >= 0.3 is 0 Å². The fraction of sp³-hybridized carbons (Fsp3) is 0.583. The third-order valence-corrected chi connectivity index (χ3v) is 4.31. The molecule has 1 saturated heterocycles. The lowest BCUT2D eigenvalue weighted by molar-refractivity contribution is 0.302. The van der Waals surface area contributed by atoms with E-state index >= 15 is 0 Å². The fourth-order valence-electron chi connectivity index (χ4n) is 2.33. The minimum absolute atomic E-state index is 0.0424. The lowest BCUT2D eigenvalue weighted by Gasteiger charge is -2.22. The number of hydrogen-bond acceptors (Lipinski definition) is 6. The van der Waals surface area contributed by atoms with E-state index in [9.17, 15) is 8.42 Å². The van der Waals surface area contributed by atoms with Crippen LogP contribution in [0.5, 0.6) is 0 Å². The Hall–Kier alpha value is -1.22. The highest BCUT2D eigenvalue weighted by Crippen LogP contribution is 2.15. The second-order valence-corrected chi connectivity index (χ2v) is 6.43. The predicted molar refractivity (Wildman–Crippen MR) is 77.9 cm³/mol. The Morgan fingerprint density at radius 1 is 1.20 bits per heavy atom. The van der Waals surface area contributed by atoms with Crippen LogP contribution in [0.1, 0.15) is 6.42 Å². The SMILES string of the molecule is NCCN1CCCN(c2ccc(S(N)(=O)=O)cn2)CC1. The Bertz CT molecular complexity index is 531. The molecule has 0 spiro atoms. The molecule has 1 aromatic heterocycles. The van der Waals surface area contributed by atoms with Crippen molar-refractivity contribution in [2.45, 2.75) is 11.3 Å². The van der Waals surface area contributed by atoms with Crippen LogP contribution in [0.15, 0.2) is 23.2 Å². The largest absolute Gasteiger partial charge is 0.355 e. The van der Waals surface area contributed by atoms with Gasteiger partial charge in [-0.25, -0.2) is 18.5 Å². The van der Waals surface area contributed by atoms with Gasteiger partial charge in [0, 0.05) is 38.9 Å². The molecule has 0 radical (unpaired) electrons. The maximum atomic E-state index is 11.2. The number of nitrogens with two attached hydrogens (primary N) is 2. The second kappa shape index (κ2) is 6.49. The van der Waals surface area contributed by atoms with Gasteiger partial charge in [-0.05, 0) is 25.1 Å². The van der Waals surface area contributed by atoms with Crippen molar-refractivity contribution in [3.05, 3.63) is 18.3 Å². The van der Waals surface area contributed by atoms with Crippen LogP contribution < -0.4 is 15.8 Å². The van der Waals surface area contributed by atoms with Gasteiger partial charge in [0.05, 0.1) is 0 Å². The van der Waals surface area contributed by atoms with E-state index in [2.05, 4.69) is 14.8 Å². The summed E-state index contributed by atoms with van der Waals surface area (Å²) in [5.41, 5.74) is 5.58. The van der Waals surface area contributed by atoms with Crippen molar-refractivity contribution in [3.8, 4) is 0 Å². The topological polar surface area (TPSA) is 106 Å². The molecule has 8 heteroatoms. The summed E-state index contributed by atoms with van der Waals surface area (Å²) in [7, 11) is -3.68. The van der Waals surface area contributed by atoms with Crippen LogP contribution in [0, 0.1) is 0 Å². The Labute approximate surface area is 119 Å². The molecule has 2 rings (SSSR count). The fourth-order valence-corrected chi connectivity index (χ4v) is 2.79. The first kappa shape index (κ1) is 15.2. The zero-order chi connectivity index (χ0) is 14.6. The molecule has 0 amide bonds. The number of sulfonamides is 1. The Balaban J connectivity index is 2.05. The highest BCUT2D eigenvalue weighted by atomic mass is 32.2. The minimum atomic E-state index is -3.68. The van der Waals surface area contributed by atoms with Crippen molar-refractivity contribution in [2.75, 3.05) is 44.2 Å². The summed E-state index contributed by atoms with van der Waals surface area (Å²) in [5, 5.41) is 5.06. The molecule has 4 N–H and O–H groups in total. The van der Waals surface area contributed by atoms with Crippen molar-refractivity contribution < 1.29 is 8.42 Å². The molecule has 0 bridgehead atoms. The van der Waals surface area contributed by atoms with Gasteiger partial charge in [0.2, 0.25) is 10.0 Å². The number of aromatic nitrogens is 1. The molecule has 20 heavy (non-hydrogen) atoms. The van der Waals surface area contributed by atoms with Crippen molar-refractivity contribution in [1.29, 1.82) is 0 Å². The number of nitrogens with zero attached hydrogens (tertiary/aromatic N) is 3. The molecular weight excluding hydrogens is 278 g/mol. The van der Waals surface area contributed by atoms with Crippen LogP contribution in [0.3, 0.4) is 0 Å². The third kappa shape index (κ3) is 3.89. The summed E-state index contributed by atoms with van der Waals surface area (Å²) in [6, 6.07) is 3.21. The van der Waals surface area contributed by atoms with Crippen LogP contribution in [-0.4, -0.2) is 57.6 Å². The van der Waals surface area contributed by atoms with E-state index in [0.717, 1.165) is 45.0 Å². The first-order valence-electron chi connectivity index (χ1n) is 6.67. The zero-order valence-electron chi connectivity index (χ0n) is 11.4. The van der Waals surface area contributed by atoms with Gasteiger partial charge in [-0.1, -0.05) is 0 Å². The number of rotatable bonds is 4. The minimum Gasteiger partial charge on any atom is -0.355 e. The quantitative estimate of drug-likeness (QED) is 0.754. The van der Waals surface area contributed by atoms with Crippen LogP contribution in [0.2, 0.25) is 0 Å². The van der Waals surface area contributed by atoms with E-state index in [1.165, 1.54) is 12.3 Å². The molecule has 0 aromatic carbocycles. The van der Waals surface area contributed by atoms with Crippen LogP contribution >= 0.6 is 0 Å². The molecular formula is C12H21N5O2S. The molecule has 2 heterocycles. The van der Waals surface area contributed by atoms with Crippen LogP contribution in [-0.2, 0) is 10.0 Å². The van der Waals surface area contributed by atoms with Gasteiger partial charge in [-0.2, -0.15) is 0 Å². The maximum Gasteiger partial charge on any atom is 0.239 e. The Morgan fingerprint density at radius 2 is 2.00 bits per heavy atom. The number of pyridine rings is 1. The molecule has 1 aliphatic rings. The monoisotopic (exact) mass is 299 g/mol. The first-order chi connectivity index (χ1) is 9.50. The average molecular weight is 299 g/mol. The second-order valence-electron chi connectivity index (χ2n) is 4.87. The molecule has 0 atom stereocenters. The molecule has 0 saturated carbocycles. The molecule has 7 nitrogen and oxygen atoms in total. The molecule has 0 unspecified atom stereocenters. The summed E-state index contributed by atoms with van der Waals surface area (Å²) >= 11 is 0. The first-order valence-corrected chi connectivity index (χ1v) is 8.21. The maximum absolute atomic E-state index is 11.2. The summed E-state index contributed by atoms with van der Waals surface area (Å²) in [6.45, 7) is 5.32. The normalized spacial score (nSPS) is 18.0. The molecule has 112 valence electrons. The standard InChI is InChI=1S/C12H21N5O2S/c13-4-7-16-5-1-6-17(9-8-16)12-3-2-11(10-15-12)20(14,18)19/h2-3,10H,1,4-9,13H2,(H2,14,18,19). The third-order valence-electron chi connectivity index (χ3n) is 3.41. The van der Waals surface area contributed by atoms with Crippen molar-refractivity contribution in [1.82, 2.24) is 9.88 Å². The van der Waals surface area contributed by atoms with Crippen molar-refractivity contribution in [3.63, 3.8) is 0 Å². The Morgan fingerprint density at radius 3 is 2.60 bits per heavy atom. The zero-order valence-corrected chi connectivity index (χ0v) is 12.2. The number of anilines is 1. The Kier molecular flexibility index (Phi) is 4.92. The van der Waals surface area contributed by atoms with Gasteiger partial charge in [-0.15, -0.1) is 0 Å². The summed E-state index contributed by atoms with van der Waals surface area (Å²) < 4.78 is 22.4. The van der Waals surface area contributed by atoms with Gasteiger partial charge in [-0.3, -0.25) is 0 Å². The van der Waals surface area contributed by atoms with E-state index in [4.69, 9.17) is 10.9 Å². The van der Waals surface area contributed by atoms with E-state index in [1.807, 2.05) is 0 Å². The summed E-state index contributed by atoms with van der Waals surface area (Å²) in [4.78, 5) is 8.74. The smallest absolute Gasteiger partial charge is 0.239 e. The van der Waals surface area contributed by atoms with Gasteiger partial charge in [0.25, 0.3) is 0 Å². The molecule has 1 fully saturated rings. The predicted octanol–water partition coefficient (Wildman–Crippen LogP) is -0.800. The van der Waals surface area contributed by atoms with Gasteiger partial charge < -0.3 is 15.5 Å². The van der Waals surface area contributed by atoms with Crippen molar-refractivity contribution in [2.24, 2.45) is 10.9 Å². The highest BCUT2D eigenvalue weighted by Gasteiger charge is 2.16. The lowest BCUT2D eigenvalue weighted by atomic mass is 10.3. The van der Waals surface area contributed by atoms with E-state index in [-0.39, 0.29) is 4.90 Å². The number of primary sulfonamides is 1. The molecule has 0 aliphatic carbocycles. The average Bonchev–Trinajstić information content (AvgIpc) is 2.64. The van der Waals surface area contributed by atoms with E-state index < -0.39 is 10.0 Å². The molecule has 1 aliphatic heterocycles. The van der Waals surface area contributed by atoms with Crippen molar-refractivity contribution >= 4 is 15.8 Å². The van der Waals surface area contributed by atoms with E-state index in [1.54, 1.807) is 6.07 Å². The highest BCUT2D eigenvalue weighted by molar-refractivity contribution is 7.89. The summed E-state index contributed by atoms with van der Waals surface area (Å²) in [6.07, 6.45) is 2.35. The van der Waals surface area contributed by atoms with Gasteiger partial charge in [0.1, 0.15) is 10.7 Å². The van der Waals surface area contributed by atoms with Gasteiger partial charge in [0.15, 0.2) is 0 Å². The number of hydrogen-bond donors (Lipinski definition) is 2.